The Labute approximate surface area is 181 Å². The molecule has 0 aromatic heterocycles. The van der Waals surface area contributed by atoms with Crippen LogP contribution in [0.25, 0.3) is 0 Å². The van der Waals surface area contributed by atoms with Gasteiger partial charge in [-0.05, 0) is 50.6 Å². The molecule has 0 amide bonds. The van der Waals surface area contributed by atoms with Crippen LogP contribution in [0.2, 0.25) is 0 Å². The smallest absolute Gasteiger partial charge is 0.308 e. The average Bonchev–Trinajstić information content (AvgIpc) is 2.80. The molecule has 0 saturated carbocycles. The first kappa shape index (κ1) is 24.0. The lowest BCUT2D eigenvalue weighted by Gasteiger charge is -2.34. The molecule has 1 aliphatic rings. The molecule has 0 radical (unpaired) electrons. The molecule has 0 spiro atoms. The molecule has 1 aromatic carbocycles. The number of likely N-dealkylation sites (N-methyl/N-ethyl adjacent to an activating group) is 1. The van der Waals surface area contributed by atoms with Gasteiger partial charge in [-0.3, -0.25) is 14.7 Å². The molecular formula is C23H38N4O3. The van der Waals surface area contributed by atoms with Gasteiger partial charge in [0.25, 0.3) is 0 Å². The minimum absolute atomic E-state index is 0.00525. The highest BCUT2D eigenvalue weighted by atomic mass is 16.5. The monoisotopic (exact) mass is 418 g/mol. The SMILES string of the molecule is CCNC(=NCC(c1cccc(OC)c1)N(CC)CC)N1CCC(C(=O)OC)CC1. The number of guanidine groups is 1. The van der Waals surface area contributed by atoms with E-state index in [9.17, 15) is 4.79 Å². The molecule has 1 atom stereocenters. The summed E-state index contributed by atoms with van der Waals surface area (Å²) in [4.78, 5) is 21.5. The number of nitrogens with one attached hydrogen (secondary N) is 1. The predicted molar refractivity (Wildman–Crippen MR) is 121 cm³/mol. The van der Waals surface area contributed by atoms with E-state index in [0.29, 0.717) is 6.54 Å². The molecule has 1 saturated heterocycles. The van der Waals surface area contributed by atoms with E-state index < -0.39 is 0 Å². The van der Waals surface area contributed by atoms with E-state index in [1.165, 1.54) is 12.7 Å². The third kappa shape index (κ3) is 6.36. The lowest BCUT2D eigenvalue weighted by Crippen LogP contribution is -2.47. The molecule has 1 aromatic rings. The van der Waals surface area contributed by atoms with Gasteiger partial charge < -0.3 is 19.7 Å². The van der Waals surface area contributed by atoms with Crippen molar-refractivity contribution in [1.82, 2.24) is 15.1 Å². The van der Waals surface area contributed by atoms with Crippen molar-refractivity contribution in [1.29, 1.82) is 0 Å². The summed E-state index contributed by atoms with van der Waals surface area (Å²) in [5.41, 5.74) is 1.21. The minimum Gasteiger partial charge on any atom is -0.497 e. The Balaban J connectivity index is 2.18. The second-order valence-corrected chi connectivity index (χ2v) is 7.49. The van der Waals surface area contributed by atoms with Crippen LogP contribution >= 0.6 is 0 Å². The second-order valence-electron chi connectivity index (χ2n) is 7.49. The third-order valence-corrected chi connectivity index (χ3v) is 5.81. The number of likely N-dealkylation sites (tertiary alicyclic amines) is 1. The van der Waals surface area contributed by atoms with E-state index in [1.54, 1.807) is 7.11 Å². The fourth-order valence-corrected chi connectivity index (χ4v) is 4.04. The number of carbonyl (C=O) groups excluding carboxylic acids is 1. The number of rotatable bonds is 9. The normalized spacial score (nSPS) is 16.5. The molecule has 7 nitrogen and oxygen atoms in total. The Bertz CT molecular complexity index is 683. The minimum atomic E-state index is -0.101. The van der Waals surface area contributed by atoms with Crippen LogP contribution in [0.1, 0.15) is 45.2 Å². The number of piperidine rings is 1. The molecule has 0 aliphatic carbocycles. The molecule has 2 rings (SSSR count). The number of benzene rings is 1. The topological polar surface area (TPSA) is 66.4 Å². The van der Waals surface area contributed by atoms with Gasteiger partial charge in [-0.15, -0.1) is 0 Å². The number of esters is 1. The van der Waals surface area contributed by atoms with Crippen LogP contribution in [0, 0.1) is 5.92 Å². The Kier molecular flexibility index (Phi) is 9.94. The standard InChI is InChI=1S/C23H38N4O3/c1-6-24-23(27-14-12-18(13-15-27)22(28)30-5)25-17-21(26(7-2)8-3)19-10-9-11-20(16-19)29-4/h9-11,16,18,21H,6-8,12-15,17H2,1-5H3,(H,24,25). The molecule has 0 bridgehead atoms. The molecule has 30 heavy (non-hydrogen) atoms. The van der Waals surface area contributed by atoms with E-state index in [1.807, 2.05) is 12.1 Å². The van der Waals surface area contributed by atoms with Crippen molar-refractivity contribution in [2.75, 3.05) is 53.5 Å². The van der Waals surface area contributed by atoms with E-state index in [4.69, 9.17) is 14.5 Å². The second kappa shape index (κ2) is 12.4. The van der Waals surface area contributed by atoms with Gasteiger partial charge in [0, 0.05) is 19.6 Å². The number of ether oxygens (including phenoxy) is 2. The van der Waals surface area contributed by atoms with Gasteiger partial charge in [0.2, 0.25) is 0 Å². The summed E-state index contributed by atoms with van der Waals surface area (Å²) in [6, 6.07) is 8.44. The van der Waals surface area contributed by atoms with Gasteiger partial charge in [-0.2, -0.15) is 0 Å². The van der Waals surface area contributed by atoms with E-state index in [0.717, 1.165) is 57.3 Å². The van der Waals surface area contributed by atoms with Crippen LogP contribution in [0.15, 0.2) is 29.3 Å². The quantitative estimate of drug-likeness (QED) is 0.378. The van der Waals surface area contributed by atoms with Crippen molar-refractivity contribution in [2.45, 2.75) is 39.7 Å². The van der Waals surface area contributed by atoms with Crippen LogP contribution in [0.3, 0.4) is 0 Å². The highest BCUT2D eigenvalue weighted by Gasteiger charge is 2.27. The molecule has 1 fully saturated rings. The van der Waals surface area contributed by atoms with Gasteiger partial charge in [-0.25, -0.2) is 0 Å². The number of carbonyl (C=O) groups is 1. The average molecular weight is 419 g/mol. The fourth-order valence-electron chi connectivity index (χ4n) is 4.04. The first-order chi connectivity index (χ1) is 14.6. The van der Waals surface area contributed by atoms with Gasteiger partial charge in [0.1, 0.15) is 5.75 Å². The Morgan fingerprint density at radius 2 is 1.93 bits per heavy atom. The predicted octanol–water partition coefficient (Wildman–Crippen LogP) is 2.93. The van der Waals surface area contributed by atoms with Crippen molar-refractivity contribution in [2.24, 2.45) is 10.9 Å². The van der Waals surface area contributed by atoms with Gasteiger partial charge >= 0.3 is 5.97 Å². The summed E-state index contributed by atoms with van der Waals surface area (Å²) in [6.45, 7) is 11.4. The summed E-state index contributed by atoms with van der Waals surface area (Å²) in [7, 11) is 3.16. The number of methoxy groups -OCH3 is 2. The molecule has 1 aliphatic heterocycles. The van der Waals surface area contributed by atoms with Crippen molar-refractivity contribution in [3.8, 4) is 5.75 Å². The Morgan fingerprint density at radius 3 is 2.50 bits per heavy atom. The Hall–Kier alpha value is -2.28. The zero-order chi connectivity index (χ0) is 21.9. The van der Waals surface area contributed by atoms with Gasteiger partial charge in [-0.1, -0.05) is 26.0 Å². The van der Waals surface area contributed by atoms with Crippen molar-refractivity contribution < 1.29 is 14.3 Å². The van der Waals surface area contributed by atoms with Crippen LogP contribution < -0.4 is 10.1 Å². The van der Waals surface area contributed by atoms with E-state index >= 15 is 0 Å². The maximum Gasteiger partial charge on any atom is 0.308 e. The fraction of sp³-hybridized carbons (Fsp3) is 0.652. The van der Waals surface area contributed by atoms with Crippen molar-refractivity contribution in [3.63, 3.8) is 0 Å². The molecule has 1 heterocycles. The van der Waals surface area contributed by atoms with Crippen molar-refractivity contribution >= 4 is 11.9 Å². The number of aliphatic imine (C=N–C) groups is 1. The molecule has 1 N–H and O–H groups in total. The number of hydrogen-bond donors (Lipinski definition) is 1. The molecule has 1 unspecified atom stereocenters. The zero-order valence-corrected chi connectivity index (χ0v) is 19.2. The summed E-state index contributed by atoms with van der Waals surface area (Å²) < 4.78 is 10.3. The lowest BCUT2D eigenvalue weighted by atomic mass is 9.97. The maximum absolute atomic E-state index is 11.8. The zero-order valence-electron chi connectivity index (χ0n) is 19.2. The molecule has 168 valence electrons. The first-order valence-electron chi connectivity index (χ1n) is 11.1. The van der Waals surface area contributed by atoms with E-state index in [2.05, 4.69) is 48.0 Å². The third-order valence-electron chi connectivity index (χ3n) is 5.81. The summed E-state index contributed by atoms with van der Waals surface area (Å²) in [5.74, 6) is 1.68. The molecule has 7 heteroatoms. The summed E-state index contributed by atoms with van der Waals surface area (Å²) in [5, 5.41) is 3.43. The summed E-state index contributed by atoms with van der Waals surface area (Å²) >= 11 is 0. The highest BCUT2D eigenvalue weighted by molar-refractivity contribution is 5.80. The molecular weight excluding hydrogens is 380 g/mol. The van der Waals surface area contributed by atoms with Crippen LogP contribution in [-0.2, 0) is 9.53 Å². The van der Waals surface area contributed by atoms with Gasteiger partial charge in [0.05, 0.1) is 32.7 Å². The van der Waals surface area contributed by atoms with Crippen LogP contribution in [-0.4, -0.2) is 75.2 Å². The first-order valence-corrected chi connectivity index (χ1v) is 11.1. The largest absolute Gasteiger partial charge is 0.497 e. The number of nitrogens with zero attached hydrogens (tertiary/aromatic N) is 3. The highest BCUT2D eigenvalue weighted by Crippen LogP contribution is 2.25. The number of hydrogen-bond acceptors (Lipinski definition) is 5. The maximum atomic E-state index is 11.8. The van der Waals surface area contributed by atoms with Crippen molar-refractivity contribution in [3.05, 3.63) is 29.8 Å². The Morgan fingerprint density at radius 1 is 1.23 bits per heavy atom. The summed E-state index contributed by atoms with van der Waals surface area (Å²) in [6.07, 6.45) is 1.60. The van der Waals surface area contributed by atoms with Crippen LogP contribution in [0.4, 0.5) is 0 Å². The van der Waals surface area contributed by atoms with Gasteiger partial charge in [0.15, 0.2) is 5.96 Å². The van der Waals surface area contributed by atoms with Crippen LogP contribution in [0.5, 0.6) is 5.75 Å². The van der Waals surface area contributed by atoms with E-state index in [-0.39, 0.29) is 17.9 Å². The lowest BCUT2D eigenvalue weighted by molar-refractivity contribution is -0.146.